The lowest BCUT2D eigenvalue weighted by Crippen LogP contribution is -2.31. The average molecular weight is 423 g/mol. The van der Waals surface area contributed by atoms with Gasteiger partial charge >= 0.3 is 0 Å². The zero-order chi connectivity index (χ0) is 20.0. The van der Waals surface area contributed by atoms with Gasteiger partial charge in [0.15, 0.2) is 16.6 Å². The predicted molar refractivity (Wildman–Crippen MR) is 113 cm³/mol. The Morgan fingerprint density at radius 3 is 2.37 bits per heavy atom. The van der Waals surface area contributed by atoms with Crippen LogP contribution >= 0.6 is 35.7 Å². The second-order valence-electron chi connectivity index (χ2n) is 5.03. The molecule has 0 aliphatic carbocycles. The summed E-state index contributed by atoms with van der Waals surface area (Å²) in [4.78, 5) is 11.4. The lowest BCUT2D eigenvalue weighted by atomic mass is 10.1. The fourth-order valence-corrected chi connectivity index (χ4v) is 3.21. The van der Waals surface area contributed by atoms with Crippen LogP contribution in [0.1, 0.15) is 17.3 Å². The van der Waals surface area contributed by atoms with Crippen molar-refractivity contribution in [2.75, 3.05) is 12.5 Å². The average Bonchev–Trinajstić information content (AvgIpc) is 3.02. The van der Waals surface area contributed by atoms with Gasteiger partial charge in [0.2, 0.25) is 5.96 Å². The number of Topliss-reactive ketones (excluding diaryl/α,β-unsaturated/α-hetero) is 1. The van der Waals surface area contributed by atoms with E-state index in [-0.39, 0.29) is 16.9 Å². The number of hydrogen-bond donors (Lipinski definition) is 3. The van der Waals surface area contributed by atoms with Crippen LogP contribution in [0.4, 0.5) is 11.4 Å². The number of aromatic nitrogens is 2. The summed E-state index contributed by atoms with van der Waals surface area (Å²) in [6.07, 6.45) is 3.74. The first kappa shape index (κ1) is 20.9. The number of azo groups is 1. The van der Waals surface area contributed by atoms with E-state index in [2.05, 4.69) is 25.9 Å². The van der Waals surface area contributed by atoms with Gasteiger partial charge in [-0.15, -0.1) is 33.7 Å². The first-order valence-electron chi connectivity index (χ1n) is 7.50. The Morgan fingerprint density at radius 2 is 1.85 bits per heavy atom. The number of nitrogens with one attached hydrogen (secondary N) is 1. The third-order valence-electron chi connectivity index (χ3n) is 3.21. The number of nitrogens with two attached hydrogens (primary N) is 2. The Labute approximate surface area is 170 Å². The van der Waals surface area contributed by atoms with Crippen molar-refractivity contribution in [2.45, 2.75) is 17.0 Å². The number of carbonyl (C=O) groups excluding carboxylic acids is 1. The molecule has 1 aromatic heterocycles. The summed E-state index contributed by atoms with van der Waals surface area (Å²) in [6, 6.07) is 6.86. The van der Waals surface area contributed by atoms with Crippen LogP contribution in [0.2, 0.25) is 0 Å². The van der Waals surface area contributed by atoms with Crippen molar-refractivity contribution in [1.29, 1.82) is 0 Å². The van der Waals surface area contributed by atoms with Crippen LogP contribution in [0, 0.1) is 0 Å². The van der Waals surface area contributed by atoms with Crippen LogP contribution in [-0.2, 0) is 0 Å². The van der Waals surface area contributed by atoms with Gasteiger partial charge in [-0.2, -0.15) is 14.9 Å². The van der Waals surface area contributed by atoms with E-state index in [4.69, 9.17) is 23.7 Å². The van der Waals surface area contributed by atoms with Gasteiger partial charge in [0.05, 0.1) is 5.69 Å². The van der Waals surface area contributed by atoms with Crippen molar-refractivity contribution in [1.82, 2.24) is 15.2 Å². The first-order valence-corrected chi connectivity index (χ1v) is 10.4. The largest absolute Gasteiger partial charge is 0.375 e. The van der Waals surface area contributed by atoms with Gasteiger partial charge in [0.1, 0.15) is 10.1 Å². The van der Waals surface area contributed by atoms with E-state index in [0.717, 1.165) is 0 Å². The number of thioether (sulfide) groups is 2. The SMILES string of the molecule is CSc1nn(/C(N)=N\NC(N)=S)c(SC)c1N=Nc1ccc(C(C)=O)cc1. The molecule has 2 aromatic rings. The fraction of sp³-hybridized carbons (Fsp3) is 0.200. The molecule has 0 fully saturated rings. The van der Waals surface area contributed by atoms with E-state index in [9.17, 15) is 4.79 Å². The highest BCUT2D eigenvalue weighted by Gasteiger charge is 2.19. The van der Waals surface area contributed by atoms with Gasteiger partial charge < -0.3 is 11.5 Å². The lowest BCUT2D eigenvalue weighted by Gasteiger charge is -2.04. The summed E-state index contributed by atoms with van der Waals surface area (Å²) < 4.78 is 1.44. The Hall–Kier alpha value is -2.44. The number of carbonyl (C=O) groups is 1. The zero-order valence-electron chi connectivity index (χ0n) is 14.8. The maximum atomic E-state index is 11.4. The molecule has 0 radical (unpaired) electrons. The van der Waals surface area contributed by atoms with Gasteiger partial charge in [0, 0.05) is 5.56 Å². The number of hydrogen-bond acceptors (Lipinski definition) is 8. The second-order valence-corrected chi connectivity index (χ2v) is 7.06. The molecule has 0 saturated carbocycles. The van der Waals surface area contributed by atoms with Crippen LogP contribution in [0.5, 0.6) is 0 Å². The van der Waals surface area contributed by atoms with Gasteiger partial charge in [-0.25, -0.2) is 0 Å². The molecule has 0 bridgehead atoms. The van der Waals surface area contributed by atoms with Gasteiger partial charge in [0.25, 0.3) is 0 Å². The summed E-state index contributed by atoms with van der Waals surface area (Å²) >= 11 is 7.51. The molecule has 5 N–H and O–H groups in total. The summed E-state index contributed by atoms with van der Waals surface area (Å²) in [6.45, 7) is 1.51. The van der Waals surface area contributed by atoms with Crippen molar-refractivity contribution >= 4 is 64.0 Å². The Morgan fingerprint density at radius 1 is 1.19 bits per heavy atom. The summed E-state index contributed by atoms with van der Waals surface area (Å²) in [5.74, 6) is 0.0594. The van der Waals surface area contributed by atoms with Crippen molar-refractivity contribution in [3.63, 3.8) is 0 Å². The fourth-order valence-electron chi connectivity index (χ4n) is 1.97. The Kier molecular flexibility index (Phi) is 7.33. The van der Waals surface area contributed by atoms with E-state index in [1.54, 1.807) is 24.3 Å². The molecule has 0 atom stereocenters. The maximum absolute atomic E-state index is 11.4. The van der Waals surface area contributed by atoms with Gasteiger partial charge in [-0.05, 0) is 55.9 Å². The minimum Gasteiger partial charge on any atom is -0.375 e. The molecule has 0 unspecified atom stereocenters. The van der Waals surface area contributed by atoms with Gasteiger partial charge in [-0.1, -0.05) is 0 Å². The molecular weight excluding hydrogens is 404 g/mol. The second kappa shape index (κ2) is 9.48. The Bertz CT molecular complexity index is 905. The third-order valence-corrected chi connectivity index (χ3v) is 4.72. The predicted octanol–water partition coefficient (Wildman–Crippen LogP) is 2.86. The first-order chi connectivity index (χ1) is 12.9. The van der Waals surface area contributed by atoms with Gasteiger partial charge in [-0.3, -0.25) is 10.2 Å². The molecular formula is C15H18N8OS3. The van der Waals surface area contributed by atoms with Crippen molar-refractivity contribution < 1.29 is 4.79 Å². The molecule has 1 aromatic carbocycles. The highest BCUT2D eigenvalue weighted by Crippen LogP contribution is 2.37. The molecule has 0 saturated heterocycles. The minimum atomic E-state index is -0.00515. The highest BCUT2D eigenvalue weighted by atomic mass is 32.2. The zero-order valence-corrected chi connectivity index (χ0v) is 17.3. The van der Waals surface area contributed by atoms with Crippen LogP contribution < -0.4 is 16.9 Å². The normalized spacial score (nSPS) is 11.7. The minimum absolute atomic E-state index is 0.00480. The topological polar surface area (TPSA) is 136 Å². The molecule has 12 heteroatoms. The molecule has 142 valence electrons. The molecule has 27 heavy (non-hydrogen) atoms. The van der Waals surface area contributed by atoms with Crippen molar-refractivity contribution in [3.05, 3.63) is 29.8 Å². The maximum Gasteiger partial charge on any atom is 0.240 e. The smallest absolute Gasteiger partial charge is 0.240 e. The number of ketones is 1. The van der Waals surface area contributed by atoms with E-state index in [1.165, 1.54) is 35.1 Å². The van der Waals surface area contributed by atoms with Crippen LogP contribution in [0.25, 0.3) is 0 Å². The Balaban J connectivity index is 2.39. The summed E-state index contributed by atoms with van der Waals surface area (Å²) in [5, 5.41) is 18.1. The monoisotopic (exact) mass is 422 g/mol. The summed E-state index contributed by atoms with van der Waals surface area (Å²) in [7, 11) is 0. The van der Waals surface area contributed by atoms with E-state index < -0.39 is 0 Å². The molecule has 0 spiro atoms. The quantitative estimate of drug-likeness (QED) is 0.123. The standard InChI is InChI=1S/C15H18N8OS3/c1-8(24)9-4-6-10(7-5-9)18-19-11-12(26-2)22-23(13(11)27-3)14(16)20-21-15(17)25/h4-7H,1-3H3,(H2,16,20)(H3,17,21,25). The van der Waals surface area contributed by atoms with Crippen LogP contribution in [0.3, 0.4) is 0 Å². The number of nitrogens with zero attached hydrogens (tertiary/aromatic N) is 5. The van der Waals surface area contributed by atoms with E-state index in [0.29, 0.717) is 27.0 Å². The number of thiocarbonyl (C=S) groups is 1. The van der Waals surface area contributed by atoms with E-state index in [1.807, 2.05) is 12.5 Å². The molecule has 0 aliphatic heterocycles. The summed E-state index contributed by atoms with van der Waals surface area (Å²) in [5.41, 5.74) is 15.5. The number of hydrazone groups is 1. The highest BCUT2D eigenvalue weighted by molar-refractivity contribution is 7.99. The molecule has 2 rings (SSSR count). The van der Waals surface area contributed by atoms with E-state index >= 15 is 0 Å². The number of benzene rings is 1. The lowest BCUT2D eigenvalue weighted by molar-refractivity contribution is 0.101. The molecule has 0 amide bonds. The number of rotatable bonds is 6. The van der Waals surface area contributed by atoms with Crippen LogP contribution in [0.15, 0.2) is 49.6 Å². The molecule has 1 heterocycles. The molecule has 9 nitrogen and oxygen atoms in total. The van der Waals surface area contributed by atoms with Crippen molar-refractivity contribution in [3.8, 4) is 0 Å². The van der Waals surface area contributed by atoms with Crippen molar-refractivity contribution in [2.24, 2.45) is 26.8 Å². The third kappa shape index (κ3) is 5.28. The van der Waals surface area contributed by atoms with Crippen LogP contribution in [-0.4, -0.2) is 39.1 Å². The molecule has 0 aliphatic rings.